The summed E-state index contributed by atoms with van der Waals surface area (Å²) in [6.07, 6.45) is 0. The van der Waals surface area contributed by atoms with Crippen LogP contribution in [0, 0.1) is 18.8 Å². The van der Waals surface area contributed by atoms with Crippen LogP contribution in [0.5, 0.6) is 0 Å². The van der Waals surface area contributed by atoms with E-state index in [1.165, 1.54) is 4.90 Å². The van der Waals surface area contributed by atoms with Crippen molar-refractivity contribution in [2.45, 2.75) is 17.8 Å². The summed E-state index contributed by atoms with van der Waals surface area (Å²) in [7, 11) is 0. The van der Waals surface area contributed by atoms with Crippen LogP contribution in [0.2, 0.25) is 10.0 Å². The van der Waals surface area contributed by atoms with Crippen LogP contribution in [-0.2, 0) is 25.2 Å². The average Bonchev–Trinajstić information content (AvgIpc) is 3.58. The first-order valence-electron chi connectivity index (χ1n) is 15.2. The minimum absolute atomic E-state index is 0.192. The van der Waals surface area contributed by atoms with Gasteiger partial charge in [-0.1, -0.05) is 120 Å². The standard InChI is InChI=1S/C40H27Cl2NO3/c1-24-9-8-14-31(23-24)43-36(44)34-35(37(43)45)40(28-17-21-30(42)22-18-28)33(26-12-6-3-7-13-26)32(25-10-4-2-5-11-25)39(34,38(40)46)27-15-19-29(41)20-16-27/h2-23,34-35H,1H3/t34-,35-,39-,40-/m0/s1. The lowest BCUT2D eigenvalue weighted by molar-refractivity contribution is -0.130. The van der Waals surface area contributed by atoms with Gasteiger partial charge < -0.3 is 0 Å². The van der Waals surface area contributed by atoms with E-state index >= 15 is 14.4 Å². The second kappa shape index (κ2) is 10.4. The highest BCUT2D eigenvalue weighted by Crippen LogP contribution is 2.74. The van der Waals surface area contributed by atoms with E-state index in [1.807, 2.05) is 110 Å². The van der Waals surface area contributed by atoms with Crippen LogP contribution in [0.1, 0.15) is 27.8 Å². The monoisotopic (exact) mass is 639 g/mol. The molecule has 1 heterocycles. The van der Waals surface area contributed by atoms with Crippen molar-refractivity contribution in [2.24, 2.45) is 11.8 Å². The van der Waals surface area contributed by atoms with Crippen molar-refractivity contribution in [3.63, 3.8) is 0 Å². The smallest absolute Gasteiger partial charge is 0.239 e. The Balaban J connectivity index is 1.56. The number of halogens is 2. The molecule has 4 atom stereocenters. The number of hydrogen-bond acceptors (Lipinski definition) is 3. The Labute approximate surface area is 276 Å². The predicted molar refractivity (Wildman–Crippen MR) is 182 cm³/mol. The maximum Gasteiger partial charge on any atom is 0.239 e. The van der Waals surface area contributed by atoms with Crippen molar-refractivity contribution < 1.29 is 14.4 Å². The molecule has 8 rings (SSSR count). The summed E-state index contributed by atoms with van der Waals surface area (Å²) in [5.74, 6) is -2.98. The van der Waals surface area contributed by atoms with Gasteiger partial charge in [-0.2, -0.15) is 0 Å². The molecular weight excluding hydrogens is 613 g/mol. The molecule has 0 N–H and O–H groups in total. The highest BCUT2D eigenvalue weighted by Gasteiger charge is 2.82. The van der Waals surface area contributed by atoms with E-state index in [1.54, 1.807) is 30.3 Å². The van der Waals surface area contributed by atoms with E-state index in [9.17, 15) is 0 Å². The number of rotatable bonds is 5. The molecule has 0 spiro atoms. The number of amides is 2. The van der Waals surface area contributed by atoms with E-state index in [2.05, 4.69) is 0 Å². The van der Waals surface area contributed by atoms with Crippen molar-refractivity contribution >= 4 is 57.6 Å². The van der Waals surface area contributed by atoms with Gasteiger partial charge in [0, 0.05) is 10.0 Å². The van der Waals surface area contributed by atoms with Gasteiger partial charge in [-0.15, -0.1) is 0 Å². The number of ketones is 1. The van der Waals surface area contributed by atoms with Crippen LogP contribution in [0.25, 0.3) is 11.1 Å². The Hall–Kier alpha value is -4.77. The highest BCUT2D eigenvalue weighted by molar-refractivity contribution is 6.39. The quantitative estimate of drug-likeness (QED) is 0.181. The van der Waals surface area contributed by atoms with Crippen molar-refractivity contribution in [1.29, 1.82) is 0 Å². The van der Waals surface area contributed by atoms with Crippen LogP contribution in [0.4, 0.5) is 5.69 Å². The molecule has 5 aromatic carbocycles. The van der Waals surface area contributed by atoms with Gasteiger partial charge in [0.25, 0.3) is 0 Å². The number of hydrogen-bond donors (Lipinski definition) is 0. The van der Waals surface area contributed by atoms with Gasteiger partial charge in [-0.25, -0.2) is 4.90 Å². The first-order valence-corrected chi connectivity index (χ1v) is 15.9. The third kappa shape index (κ3) is 3.66. The molecule has 1 saturated heterocycles. The van der Waals surface area contributed by atoms with E-state index in [0.717, 1.165) is 27.8 Å². The summed E-state index contributed by atoms with van der Waals surface area (Å²) in [5.41, 5.74) is 2.78. The first kappa shape index (κ1) is 28.7. The summed E-state index contributed by atoms with van der Waals surface area (Å²) >= 11 is 12.8. The molecule has 0 unspecified atom stereocenters. The summed E-state index contributed by atoms with van der Waals surface area (Å²) in [6.45, 7) is 1.93. The van der Waals surface area contributed by atoms with Crippen molar-refractivity contribution in [1.82, 2.24) is 0 Å². The van der Waals surface area contributed by atoms with Gasteiger partial charge in [0.05, 0.1) is 28.4 Å². The average molecular weight is 641 g/mol. The number of Topliss-reactive ketones (excluding diaryl/α,β-unsaturated/α-hetero) is 1. The van der Waals surface area contributed by atoms with E-state index in [-0.39, 0.29) is 17.6 Å². The number of imide groups is 1. The minimum Gasteiger partial charge on any atom is -0.297 e. The maximum absolute atomic E-state index is 15.9. The number of nitrogens with zero attached hydrogens (tertiary/aromatic N) is 1. The molecule has 6 heteroatoms. The third-order valence-electron chi connectivity index (χ3n) is 9.98. The maximum atomic E-state index is 15.9. The number of carbonyl (C=O) groups is 3. The van der Waals surface area contributed by atoms with Crippen LogP contribution in [0.3, 0.4) is 0 Å². The van der Waals surface area contributed by atoms with Crippen molar-refractivity contribution in [3.8, 4) is 0 Å². The van der Waals surface area contributed by atoms with Crippen LogP contribution in [-0.4, -0.2) is 17.6 Å². The van der Waals surface area contributed by atoms with Gasteiger partial charge in [0.15, 0.2) is 5.78 Å². The lowest BCUT2D eigenvalue weighted by atomic mass is 9.59. The molecule has 2 fully saturated rings. The van der Waals surface area contributed by atoms with Gasteiger partial charge >= 0.3 is 0 Å². The number of anilines is 1. The Kier molecular flexibility index (Phi) is 6.47. The molecule has 224 valence electrons. The zero-order valence-corrected chi connectivity index (χ0v) is 26.3. The molecular formula is C40H27Cl2NO3. The van der Waals surface area contributed by atoms with Crippen LogP contribution < -0.4 is 4.90 Å². The lowest BCUT2D eigenvalue weighted by Crippen LogP contribution is -2.45. The van der Waals surface area contributed by atoms with Gasteiger partial charge in [-0.3, -0.25) is 14.4 Å². The molecule has 4 nitrogen and oxygen atoms in total. The number of benzene rings is 5. The first-order chi connectivity index (χ1) is 22.3. The third-order valence-corrected chi connectivity index (χ3v) is 10.5. The fourth-order valence-electron chi connectivity index (χ4n) is 8.38. The van der Waals surface area contributed by atoms with Crippen LogP contribution in [0.15, 0.2) is 133 Å². The molecule has 2 aliphatic carbocycles. The number of carbonyl (C=O) groups excluding carboxylic acids is 3. The Morgan fingerprint density at radius 3 is 1.39 bits per heavy atom. The van der Waals surface area contributed by atoms with Gasteiger partial charge in [-0.05, 0) is 82.3 Å². The molecule has 3 aliphatic rings. The molecule has 5 aromatic rings. The van der Waals surface area contributed by atoms with Crippen molar-refractivity contribution in [3.05, 3.63) is 171 Å². The summed E-state index contributed by atoms with van der Waals surface area (Å²) in [6, 6.07) is 41.2. The molecule has 0 radical (unpaired) electrons. The number of allylic oxidation sites excluding steroid dienone is 2. The molecule has 1 saturated carbocycles. The normalized spacial score (nSPS) is 25.0. The summed E-state index contributed by atoms with van der Waals surface area (Å²) in [5, 5.41) is 1.01. The molecule has 2 amide bonds. The van der Waals surface area contributed by atoms with Gasteiger partial charge in [0.1, 0.15) is 0 Å². The molecule has 0 aromatic heterocycles. The number of aryl methyl sites for hydroxylation is 1. The molecule has 2 bridgehead atoms. The van der Waals surface area contributed by atoms with Crippen molar-refractivity contribution in [2.75, 3.05) is 4.90 Å². The largest absolute Gasteiger partial charge is 0.297 e. The summed E-state index contributed by atoms with van der Waals surface area (Å²) in [4.78, 5) is 47.3. The van der Waals surface area contributed by atoms with E-state index < -0.39 is 22.7 Å². The minimum atomic E-state index is -1.49. The fourth-order valence-corrected chi connectivity index (χ4v) is 8.63. The Bertz CT molecular complexity index is 1960. The van der Waals surface area contributed by atoms with Crippen LogP contribution >= 0.6 is 23.2 Å². The predicted octanol–water partition coefficient (Wildman–Crippen LogP) is 8.49. The summed E-state index contributed by atoms with van der Waals surface area (Å²) < 4.78 is 0. The zero-order chi connectivity index (χ0) is 31.8. The zero-order valence-electron chi connectivity index (χ0n) is 24.8. The number of fused-ring (bicyclic) bond motifs is 5. The highest BCUT2D eigenvalue weighted by atomic mass is 35.5. The van der Waals surface area contributed by atoms with Gasteiger partial charge in [0.2, 0.25) is 11.8 Å². The Morgan fingerprint density at radius 2 is 0.978 bits per heavy atom. The molecule has 1 aliphatic heterocycles. The second-order valence-electron chi connectivity index (χ2n) is 12.2. The fraction of sp³-hybridized carbons (Fsp3) is 0.125. The second-order valence-corrected chi connectivity index (χ2v) is 13.1. The SMILES string of the molecule is Cc1cccc(N2C(=O)[C@@H]3[C@@H](C2=O)[C@@]2(c4ccc(Cl)cc4)C(=O)[C@@]3(c3ccc(Cl)cc3)C(c3ccccc3)=C2c2ccccc2)c1. The topological polar surface area (TPSA) is 54.5 Å². The van der Waals surface area contributed by atoms with E-state index in [0.29, 0.717) is 26.9 Å². The molecule has 46 heavy (non-hydrogen) atoms. The Morgan fingerprint density at radius 1 is 0.543 bits per heavy atom. The van der Waals surface area contributed by atoms with E-state index in [4.69, 9.17) is 23.2 Å². The lowest BCUT2D eigenvalue weighted by Gasteiger charge is -2.39.